The van der Waals surface area contributed by atoms with Gasteiger partial charge in [-0.2, -0.15) is 0 Å². The van der Waals surface area contributed by atoms with Crippen LogP contribution in [0, 0.1) is 0 Å². The number of methoxy groups -OCH3 is 2. The maximum Gasteiger partial charge on any atom is 0.251 e. The third kappa shape index (κ3) is 5.13. The van der Waals surface area contributed by atoms with Crippen molar-refractivity contribution in [1.82, 2.24) is 20.1 Å². The number of para-hydroxylation sites is 2. The van der Waals surface area contributed by atoms with Gasteiger partial charge in [0.1, 0.15) is 11.5 Å². The summed E-state index contributed by atoms with van der Waals surface area (Å²) >= 11 is 1.65. The fourth-order valence-electron chi connectivity index (χ4n) is 2.90. The van der Waals surface area contributed by atoms with Crippen molar-refractivity contribution in [3.63, 3.8) is 0 Å². The third-order valence-electron chi connectivity index (χ3n) is 4.49. The number of nitrogens with zero attached hydrogens (tertiary/aromatic N) is 3. The van der Waals surface area contributed by atoms with Crippen LogP contribution in [0.25, 0.3) is 5.69 Å². The number of carbonyl (C=O) groups excluding carboxylic acids is 1. The lowest BCUT2D eigenvalue weighted by atomic mass is 10.2. The maximum absolute atomic E-state index is 12.6. The predicted octanol–water partition coefficient (Wildman–Crippen LogP) is 4.11. The van der Waals surface area contributed by atoms with Gasteiger partial charge in [0.25, 0.3) is 5.91 Å². The molecule has 3 rings (SSSR count). The van der Waals surface area contributed by atoms with Gasteiger partial charge in [0.2, 0.25) is 0 Å². The van der Waals surface area contributed by atoms with E-state index in [0.717, 1.165) is 35.2 Å². The molecule has 0 aliphatic carbocycles. The first-order chi connectivity index (χ1) is 14.7. The second-order valence-corrected chi connectivity index (χ2v) is 7.58. The van der Waals surface area contributed by atoms with E-state index in [4.69, 9.17) is 9.47 Å². The van der Waals surface area contributed by atoms with Gasteiger partial charge in [-0.15, -0.1) is 10.2 Å². The summed E-state index contributed by atoms with van der Waals surface area (Å²) in [4.78, 5) is 12.6. The first-order valence-electron chi connectivity index (χ1n) is 9.80. The summed E-state index contributed by atoms with van der Waals surface area (Å²) < 4.78 is 12.7. The van der Waals surface area contributed by atoms with Crippen molar-refractivity contribution in [2.75, 3.05) is 20.0 Å². The van der Waals surface area contributed by atoms with Gasteiger partial charge in [-0.3, -0.25) is 9.36 Å². The minimum Gasteiger partial charge on any atom is -0.497 e. The highest BCUT2D eigenvalue weighted by Gasteiger charge is 2.18. The van der Waals surface area contributed by atoms with Crippen LogP contribution in [0.3, 0.4) is 0 Å². The van der Waals surface area contributed by atoms with E-state index in [1.807, 2.05) is 28.8 Å². The Kier molecular flexibility index (Phi) is 7.73. The van der Waals surface area contributed by atoms with Crippen molar-refractivity contribution in [3.05, 3.63) is 59.9 Å². The minimum absolute atomic E-state index is 0.205. The van der Waals surface area contributed by atoms with Gasteiger partial charge in [-0.05, 0) is 36.8 Å². The van der Waals surface area contributed by atoms with E-state index in [-0.39, 0.29) is 12.5 Å². The molecule has 0 radical (unpaired) electrons. The molecule has 0 bridgehead atoms. The van der Waals surface area contributed by atoms with Crippen LogP contribution in [0.1, 0.15) is 35.9 Å². The van der Waals surface area contributed by atoms with Gasteiger partial charge in [0, 0.05) is 11.3 Å². The van der Waals surface area contributed by atoms with E-state index in [9.17, 15) is 4.79 Å². The van der Waals surface area contributed by atoms with Gasteiger partial charge in [0.15, 0.2) is 11.0 Å². The molecule has 8 heteroatoms. The average Bonchev–Trinajstić information content (AvgIpc) is 3.20. The van der Waals surface area contributed by atoms with Crippen molar-refractivity contribution < 1.29 is 14.3 Å². The number of ether oxygens (including phenoxy) is 2. The van der Waals surface area contributed by atoms with Crippen molar-refractivity contribution >= 4 is 17.7 Å². The number of benzene rings is 2. The van der Waals surface area contributed by atoms with Gasteiger partial charge < -0.3 is 14.8 Å². The quantitative estimate of drug-likeness (QED) is 0.388. The van der Waals surface area contributed by atoms with Crippen LogP contribution in [-0.4, -0.2) is 40.6 Å². The average molecular weight is 427 g/mol. The number of unbranched alkanes of at least 4 members (excludes halogenated alkanes) is 1. The minimum atomic E-state index is -0.205. The van der Waals surface area contributed by atoms with E-state index >= 15 is 0 Å². The second kappa shape index (κ2) is 10.7. The normalized spacial score (nSPS) is 10.6. The number of thioether (sulfide) groups is 1. The molecule has 0 unspecified atom stereocenters. The molecule has 158 valence electrons. The van der Waals surface area contributed by atoms with E-state index in [1.54, 1.807) is 50.2 Å². The molecule has 1 N–H and O–H groups in total. The lowest BCUT2D eigenvalue weighted by molar-refractivity contribution is 0.0949. The largest absolute Gasteiger partial charge is 0.497 e. The number of aromatic nitrogens is 3. The fraction of sp³-hybridized carbons (Fsp3) is 0.318. The Balaban J connectivity index is 1.85. The predicted molar refractivity (Wildman–Crippen MR) is 118 cm³/mol. The molecule has 7 nitrogen and oxygen atoms in total. The molecule has 30 heavy (non-hydrogen) atoms. The number of hydrogen-bond donors (Lipinski definition) is 1. The molecule has 0 saturated heterocycles. The van der Waals surface area contributed by atoms with Crippen LogP contribution in [0.4, 0.5) is 0 Å². The van der Waals surface area contributed by atoms with E-state index < -0.39 is 0 Å². The van der Waals surface area contributed by atoms with Gasteiger partial charge in [0.05, 0.1) is 26.5 Å². The summed E-state index contributed by atoms with van der Waals surface area (Å²) in [5.41, 5.74) is 1.37. The zero-order valence-corrected chi connectivity index (χ0v) is 18.2. The lowest BCUT2D eigenvalue weighted by Crippen LogP contribution is -2.24. The summed E-state index contributed by atoms with van der Waals surface area (Å²) in [6.45, 7) is 2.39. The topological polar surface area (TPSA) is 78.3 Å². The first-order valence-corrected chi connectivity index (χ1v) is 10.8. The highest BCUT2D eigenvalue weighted by Crippen LogP contribution is 2.29. The van der Waals surface area contributed by atoms with Crippen LogP contribution in [0.2, 0.25) is 0 Å². The Morgan fingerprint density at radius 1 is 1.10 bits per heavy atom. The highest BCUT2D eigenvalue weighted by atomic mass is 32.2. The number of nitrogens with one attached hydrogen (secondary N) is 1. The molecule has 1 amide bonds. The van der Waals surface area contributed by atoms with E-state index in [2.05, 4.69) is 22.4 Å². The van der Waals surface area contributed by atoms with Crippen LogP contribution in [0.15, 0.2) is 53.7 Å². The molecular weight excluding hydrogens is 400 g/mol. The summed E-state index contributed by atoms with van der Waals surface area (Å²) in [5, 5.41) is 12.4. The molecular formula is C22H26N4O3S. The number of carbonyl (C=O) groups is 1. The molecule has 0 spiro atoms. The first kappa shape index (κ1) is 21.7. The van der Waals surface area contributed by atoms with Crippen LogP contribution in [0.5, 0.6) is 11.5 Å². The van der Waals surface area contributed by atoms with Crippen LogP contribution < -0.4 is 14.8 Å². The molecule has 0 aliphatic heterocycles. The number of amides is 1. The Hall–Kier alpha value is -3.00. The van der Waals surface area contributed by atoms with E-state index in [0.29, 0.717) is 17.1 Å². The molecule has 0 atom stereocenters. The van der Waals surface area contributed by atoms with Crippen molar-refractivity contribution in [2.24, 2.45) is 0 Å². The van der Waals surface area contributed by atoms with E-state index in [1.165, 1.54) is 0 Å². The monoisotopic (exact) mass is 426 g/mol. The maximum atomic E-state index is 12.6. The number of rotatable bonds is 10. The molecule has 3 aromatic rings. The van der Waals surface area contributed by atoms with Crippen LogP contribution >= 0.6 is 11.8 Å². The lowest BCUT2D eigenvalue weighted by Gasteiger charge is -2.14. The van der Waals surface area contributed by atoms with Crippen molar-refractivity contribution in [3.8, 4) is 17.2 Å². The Morgan fingerprint density at radius 3 is 2.70 bits per heavy atom. The molecule has 1 aromatic heterocycles. The number of hydrogen-bond acceptors (Lipinski definition) is 6. The Bertz CT molecular complexity index is 990. The van der Waals surface area contributed by atoms with Crippen LogP contribution in [-0.2, 0) is 6.54 Å². The summed E-state index contributed by atoms with van der Waals surface area (Å²) in [6, 6.07) is 14.7. The second-order valence-electron chi connectivity index (χ2n) is 6.52. The third-order valence-corrected chi connectivity index (χ3v) is 5.51. The van der Waals surface area contributed by atoms with Gasteiger partial charge in [-0.25, -0.2) is 0 Å². The summed E-state index contributed by atoms with van der Waals surface area (Å²) in [6.07, 6.45) is 2.20. The van der Waals surface area contributed by atoms with Crippen molar-refractivity contribution in [2.45, 2.75) is 31.5 Å². The highest BCUT2D eigenvalue weighted by molar-refractivity contribution is 7.99. The van der Waals surface area contributed by atoms with Gasteiger partial charge >= 0.3 is 0 Å². The Labute approximate surface area is 180 Å². The zero-order chi connectivity index (χ0) is 21.3. The molecule has 0 saturated carbocycles. The molecule has 0 aliphatic rings. The molecule has 2 aromatic carbocycles. The Morgan fingerprint density at radius 2 is 1.93 bits per heavy atom. The fourth-order valence-corrected chi connectivity index (χ4v) is 3.95. The summed E-state index contributed by atoms with van der Waals surface area (Å²) in [5.74, 6) is 2.72. The smallest absolute Gasteiger partial charge is 0.251 e. The molecule has 0 fully saturated rings. The standard InChI is InChI=1S/C22H26N4O3S/c1-4-5-13-30-22-25-24-20(26(22)18-11-6-7-12-19(18)29-3)15-23-21(27)16-9-8-10-17(14-16)28-2/h6-12,14H,4-5,13,15H2,1-3H3,(H,23,27). The summed E-state index contributed by atoms with van der Waals surface area (Å²) in [7, 11) is 3.21. The van der Waals surface area contributed by atoms with Gasteiger partial charge in [-0.1, -0.05) is 43.3 Å². The zero-order valence-electron chi connectivity index (χ0n) is 17.4. The SMILES string of the molecule is CCCCSc1nnc(CNC(=O)c2cccc(OC)c2)n1-c1ccccc1OC. The van der Waals surface area contributed by atoms with Crippen molar-refractivity contribution in [1.29, 1.82) is 0 Å². The molecule has 1 heterocycles.